The Balaban J connectivity index is 1.37. The molecule has 10 heteroatoms. The lowest BCUT2D eigenvalue weighted by Gasteiger charge is -2.10. The van der Waals surface area contributed by atoms with Gasteiger partial charge in [0, 0.05) is 23.0 Å². The highest BCUT2D eigenvalue weighted by Crippen LogP contribution is 2.24. The number of thioether (sulfide) groups is 1. The van der Waals surface area contributed by atoms with Gasteiger partial charge in [0.25, 0.3) is 5.56 Å². The zero-order valence-corrected chi connectivity index (χ0v) is 19.8. The number of benzene rings is 1. The van der Waals surface area contributed by atoms with E-state index in [2.05, 4.69) is 15.2 Å². The molecule has 0 aliphatic heterocycles. The predicted molar refractivity (Wildman–Crippen MR) is 129 cm³/mol. The van der Waals surface area contributed by atoms with Gasteiger partial charge in [-0.15, -0.1) is 10.2 Å². The van der Waals surface area contributed by atoms with Crippen molar-refractivity contribution in [2.45, 2.75) is 31.0 Å². The molecule has 0 amide bonds. The summed E-state index contributed by atoms with van der Waals surface area (Å²) in [5, 5.41) is 10.0. The summed E-state index contributed by atoms with van der Waals surface area (Å²) in [5.74, 6) is 2.57. The van der Waals surface area contributed by atoms with E-state index >= 15 is 0 Å². The fourth-order valence-corrected chi connectivity index (χ4v) is 4.37. The maximum Gasteiger partial charge on any atom is 0.258 e. The Morgan fingerprint density at radius 3 is 2.76 bits per heavy atom. The van der Waals surface area contributed by atoms with Crippen LogP contribution in [0.2, 0.25) is 5.02 Å². The topological polar surface area (TPSA) is 87.5 Å². The Hall–Kier alpha value is -3.56. The van der Waals surface area contributed by atoms with Gasteiger partial charge in [-0.3, -0.25) is 13.8 Å². The number of nitrogens with zero attached hydrogens (tertiary/aromatic N) is 5. The molecule has 1 aromatic carbocycles. The third-order valence-electron chi connectivity index (χ3n) is 5.09. The molecule has 0 saturated carbocycles. The van der Waals surface area contributed by atoms with E-state index in [9.17, 15) is 4.79 Å². The third kappa shape index (κ3) is 5.00. The normalized spacial score (nSPS) is 11.2. The Morgan fingerprint density at radius 2 is 1.97 bits per heavy atom. The lowest BCUT2D eigenvalue weighted by atomic mass is 10.3. The van der Waals surface area contributed by atoms with Crippen molar-refractivity contribution in [3.63, 3.8) is 0 Å². The van der Waals surface area contributed by atoms with E-state index in [4.69, 9.17) is 20.8 Å². The van der Waals surface area contributed by atoms with Crippen LogP contribution in [-0.2, 0) is 18.9 Å². The largest absolute Gasteiger partial charge is 0.486 e. The Kier molecular flexibility index (Phi) is 6.37. The number of fused-ring (bicyclic) bond motifs is 1. The zero-order valence-electron chi connectivity index (χ0n) is 18.2. The molecule has 0 fully saturated rings. The fraction of sp³-hybridized carbons (Fsp3) is 0.167. The molecular weight excluding hydrogens is 474 g/mol. The van der Waals surface area contributed by atoms with Crippen LogP contribution in [0, 0.1) is 6.92 Å². The molecule has 5 rings (SSSR count). The first-order chi connectivity index (χ1) is 16.5. The number of ether oxygens (including phenoxy) is 1. The summed E-state index contributed by atoms with van der Waals surface area (Å²) in [7, 11) is 0. The second-order valence-corrected chi connectivity index (χ2v) is 8.99. The van der Waals surface area contributed by atoms with E-state index < -0.39 is 0 Å². The van der Waals surface area contributed by atoms with Gasteiger partial charge in [0.2, 0.25) is 0 Å². The van der Waals surface area contributed by atoms with Crippen LogP contribution in [0.25, 0.3) is 5.65 Å². The average Bonchev–Trinajstić information content (AvgIpc) is 3.47. The van der Waals surface area contributed by atoms with Crippen molar-refractivity contribution in [1.29, 1.82) is 0 Å². The summed E-state index contributed by atoms with van der Waals surface area (Å²) in [6.07, 6.45) is 3.37. The minimum Gasteiger partial charge on any atom is -0.486 e. The molecule has 172 valence electrons. The molecule has 0 radical (unpaired) electrons. The molecule has 0 spiro atoms. The number of pyridine rings is 1. The van der Waals surface area contributed by atoms with E-state index in [0.717, 1.165) is 11.3 Å². The van der Waals surface area contributed by atoms with Crippen LogP contribution in [0.1, 0.15) is 22.8 Å². The smallest absolute Gasteiger partial charge is 0.258 e. The first kappa shape index (κ1) is 22.2. The number of rotatable bonds is 8. The quantitative estimate of drug-likeness (QED) is 0.288. The van der Waals surface area contributed by atoms with Crippen LogP contribution in [0.3, 0.4) is 0 Å². The number of halogens is 1. The van der Waals surface area contributed by atoms with Gasteiger partial charge in [-0.25, -0.2) is 4.98 Å². The Labute approximate surface area is 204 Å². The van der Waals surface area contributed by atoms with Crippen molar-refractivity contribution in [2.75, 3.05) is 0 Å². The first-order valence-electron chi connectivity index (χ1n) is 10.5. The van der Waals surface area contributed by atoms with Crippen LogP contribution < -0.4 is 10.3 Å². The summed E-state index contributed by atoms with van der Waals surface area (Å²) < 4.78 is 14.9. The van der Waals surface area contributed by atoms with E-state index in [1.165, 1.54) is 16.2 Å². The fourth-order valence-electron chi connectivity index (χ4n) is 3.39. The van der Waals surface area contributed by atoms with Crippen molar-refractivity contribution in [2.24, 2.45) is 0 Å². The summed E-state index contributed by atoms with van der Waals surface area (Å²) in [6.45, 7) is 2.65. The van der Waals surface area contributed by atoms with Crippen LogP contribution in [0.4, 0.5) is 0 Å². The van der Waals surface area contributed by atoms with Crippen molar-refractivity contribution >= 4 is 29.0 Å². The molecule has 0 aliphatic rings. The number of hydrogen-bond donors (Lipinski definition) is 0. The molecular formula is C24H20ClN5O3S. The standard InChI is InChI=1S/C24H20ClN5O3S/c1-16-8-9-29-21(11-16)26-18(12-23(29)31)15-34-24-28-27-22(30(24)13-20-3-2-10-32-20)14-33-19-6-4-17(25)5-7-19/h2-12H,13-15H2,1H3. The molecule has 0 bridgehead atoms. The molecule has 0 N–H and O–H groups in total. The highest BCUT2D eigenvalue weighted by molar-refractivity contribution is 7.98. The van der Waals surface area contributed by atoms with Crippen LogP contribution >= 0.6 is 23.4 Å². The SMILES string of the molecule is Cc1ccn2c(=O)cc(CSc3nnc(COc4ccc(Cl)cc4)n3Cc3ccco3)nc2c1. The molecule has 5 aromatic rings. The molecule has 0 saturated heterocycles. The average molecular weight is 494 g/mol. The van der Waals surface area contributed by atoms with Gasteiger partial charge in [0.1, 0.15) is 23.8 Å². The zero-order chi connectivity index (χ0) is 23.5. The second-order valence-electron chi connectivity index (χ2n) is 7.61. The van der Waals surface area contributed by atoms with Crippen molar-refractivity contribution in [3.8, 4) is 5.75 Å². The number of aromatic nitrogens is 5. The van der Waals surface area contributed by atoms with Gasteiger partial charge in [-0.2, -0.15) is 0 Å². The number of aryl methyl sites for hydroxylation is 1. The summed E-state index contributed by atoms with van der Waals surface area (Å²) in [6, 6.07) is 16.2. The monoisotopic (exact) mass is 493 g/mol. The van der Waals surface area contributed by atoms with Crippen LogP contribution in [0.15, 0.2) is 81.4 Å². The summed E-state index contributed by atoms with van der Waals surface area (Å²) in [4.78, 5) is 17.1. The predicted octanol–water partition coefficient (Wildman–Crippen LogP) is 4.76. The molecule has 4 heterocycles. The van der Waals surface area contributed by atoms with Gasteiger partial charge >= 0.3 is 0 Å². The summed E-state index contributed by atoms with van der Waals surface area (Å²) >= 11 is 7.40. The molecule has 4 aromatic heterocycles. The molecule has 8 nitrogen and oxygen atoms in total. The highest BCUT2D eigenvalue weighted by atomic mass is 35.5. The first-order valence-corrected chi connectivity index (χ1v) is 11.9. The molecule has 34 heavy (non-hydrogen) atoms. The van der Waals surface area contributed by atoms with Gasteiger partial charge < -0.3 is 9.15 Å². The minimum atomic E-state index is -0.116. The van der Waals surface area contributed by atoms with Gasteiger partial charge in [0.15, 0.2) is 11.0 Å². The lowest BCUT2D eigenvalue weighted by molar-refractivity contribution is 0.287. The van der Waals surface area contributed by atoms with Crippen molar-refractivity contribution in [3.05, 3.63) is 105 Å². The molecule has 0 unspecified atom stereocenters. The summed E-state index contributed by atoms with van der Waals surface area (Å²) in [5.41, 5.74) is 2.22. The van der Waals surface area contributed by atoms with Gasteiger partial charge in [0.05, 0.1) is 18.5 Å². The lowest BCUT2D eigenvalue weighted by Crippen LogP contribution is -2.15. The molecule has 0 aliphatic carbocycles. The third-order valence-corrected chi connectivity index (χ3v) is 6.35. The molecule has 0 atom stereocenters. The number of hydrogen-bond acceptors (Lipinski definition) is 7. The second kappa shape index (κ2) is 9.74. The van der Waals surface area contributed by atoms with E-state index in [0.29, 0.717) is 45.4 Å². The van der Waals surface area contributed by atoms with Crippen molar-refractivity contribution < 1.29 is 9.15 Å². The van der Waals surface area contributed by atoms with Gasteiger partial charge in [-0.1, -0.05) is 23.4 Å². The maximum absolute atomic E-state index is 12.5. The minimum absolute atomic E-state index is 0.116. The van der Waals surface area contributed by atoms with E-state index in [1.54, 1.807) is 42.8 Å². The van der Waals surface area contributed by atoms with E-state index in [1.807, 2.05) is 35.8 Å². The van der Waals surface area contributed by atoms with Crippen LogP contribution in [0.5, 0.6) is 5.75 Å². The van der Waals surface area contributed by atoms with Crippen LogP contribution in [-0.4, -0.2) is 24.1 Å². The highest BCUT2D eigenvalue weighted by Gasteiger charge is 2.16. The maximum atomic E-state index is 12.5. The van der Waals surface area contributed by atoms with Crippen molar-refractivity contribution in [1.82, 2.24) is 24.1 Å². The number of furan rings is 1. The Morgan fingerprint density at radius 1 is 1.12 bits per heavy atom. The van der Waals surface area contributed by atoms with Gasteiger partial charge in [-0.05, 0) is 61.0 Å². The van der Waals surface area contributed by atoms with E-state index in [-0.39, 0.29) is 12.2 Å². The Bertz CT molecular complexity index is 1480.